The first kappa shape index (κ1) is 14.1. The van der Waals surface area contributed by atoms with Crippen LogP contribution in [-0.2, 0) is 0 Å². The highest BCUT2D eigenvalue weighted by Gasteiger charge is 2.32. The van der Waals surface area contributed by atoms with Gasteiger partial charge in [0.25, 0.3) is 0 Å². The molecule has 0 spiro atoms. The van der Waals surface area contributed by atoms with E-state index in [0.29, 0.717) is 12.0 Å². The van der Waals surface area contributed by atoms with Crippen LogP contribution in [0.2, 0.25) is 0 Å². The van der Waals surface area contributed by atoms with Crippen molar-refractivity contribution < 1.29 is 0 Å². The Morgan fingerprint density at radius 1 is 1.30 bits per heavy atom. The topological polar surface area (TPSA) is 38.0 Å². The third-order valence-corrected chi connectivity index (χ3v) is 6.05. The van der Waals surface area contributed by atoms with E-state index in [9.17, 15) is 0 Å². The van der Waals surface area contributed by atoms with Crippen molar-refractivity contribution in [1.82, 2.24) is 5.43 Å². The van der Waals surface area contributed by atoms with Gasteiger partial charge in [0.15, 0.2) is 0 Å². The smallest absolute Gasteiger partial charge is 0.0584 e. The zero-order chi connectivity index (χ0) is 13.9. The Labute approximate surface area is 125 Å². The van der Waals surface area contributed by atoms with Gasteiger partial charge in [-0.2, -0.15) is 0 Å². The SMILES string of the molecule is CCC1CCCCC1C(NN)c1cc2ccccc2s1. The summed E-state index contributed by atoms with van der Waals surface area (Å²) in [6, 6.07) is 11.3. The van der Waals surface area contributed by atoms with Crippen molar-refractivity contribution in [2.24, 2.45) is 17.7 Å². The number of benzene rings is 1. The van der Waals surface area contributed by atoms with Crippen LogP contribution in [-0.4, -0.2) is 0 Å². The number of hydrogen-bond donors (Lipinski definition) is 2. The summed E-state index contributed by atoms with van der Waals surface area (Å²) >= 11 is 1.89. The first-order valence-electron chi connectivity index (χ1n) is 7.78. The second-order valence-corrected chi connectivity index (χ2v) is 7.06. The van der Waals surface area contributed by atoms with Crippen LogP contribution in [0.15, 0.2) is 30.3 Å². The first-order chi connectivity index (χ1) is 9.83. The van der Waals surface area contributed by atoms with Crippen LogP contribution in [0.4, 0.5) is 0 Å². The number of rotatable bonds is 4. The Morgan fingerprint density at radius 2 is 2.10 bits per heavy atom. The van der Waals surface area contributed by atoms with Crippen LogP contribution in [0.3, 0.4) is 0 Å². The van der Waals surface area contributed by atoms with Gasteiger partial charge in [0.05, 0.1) is 6.04 Å². The van der Waals surface area contributed by atoms with Gasteiger partial charge in [-0.15, -0.1) is 11.3 Å². The minimum Gasteiger partial charge on any atom is -0.271 e. The monoisotopic (exact) mass is 288 g/mol. The standard InChI is InChI=1S/C17H24N2S/c1-2-12-7-3-5-9-14(12)17(19-18)16-11-13-8-4-6-10-15(13)20-16/h4,6,8,10-12,14,17,19H,2-3,5,7,9,18H2,1H3. The van der Waals surface area contributed by atoms with E-state index in [1.807, 2.05) is 11.3 Å². The Bertz CT molecular complexity index is 530. The summed E-state index contributed by atoms with van der Waals surface area (Å²) in [6.07, 6.45) is 6.68. The van der Waals surface area contributed by atoms with Crippen LogP contribution in [0.25, 0.3) is 10.1 Å². The van der Waals surface area contributed by atoms with Crippen molar-refractivity contribution in [2.75, 3.05) is 0 Å². The minimum absolute atomic E-state index is 0.317. The third kappa shape index (κ3) is 2.62. The molecular weight excluding hydrogens is 264 g/mol. The minimum atomic E-state index is 0.317. The fraction of sp³-hybridized carbons (Fsp3) is 0.529. The molecule has 2 aromatic rings. The fourth-order valence-electron chi connectivity index (χ4n) is 3.75. The molecule has 0 radical (unpaired) electrons. The molecule has 0 saturated heterocycles. The molecule has 0 amide bonds. The maximum absolute atomic E-state index is 5.93. The highest BCUT2D eigenvalue weighted by molar-refractivity contribution is 7.19. The maximum Gasteiger partial charge on any atom is 0.0584 e. The maximum atomic E-state index is 5.93. The molecular formula is C17H24N2S. The summed E-state index contributed by atoms with van der Waals surface area (Å²) in [5, 5.41) is 1.34. The lowest BCUT2D eigenvalue weighted by atomic mass is 9.74. The van der Waals surface area contributed by atoms with Gasteiger partial charge in [0.2, 0.25) is 0 Å². The highest BCUT2D eigenvalue weighted by Crippen LogP contribution is 2.42. The van der Waals surface area contributed by atoms with Gasteiger partial charge in [-0.25, -0.2) is 0 Å². The molecule has 3 atom stereocenters. The van der Waals surface area contributed by atoms with E-state index < -0.39 is 0 Å². The lowest BCUT2D eigenvalue weighted by Crippen LogP contribution is -2.37. The summed E-state index contributed by atoms with van der Waals surface area (Å²) in [6.45, 7) is 2.32. The van der Waals surface area contributed by atoms with Crippen LogP contribution in [0.1, 0.15) is 49.9 Å². The van der Waals surface area contributed by atoms with Crippen molar-refractivity contribution in [3.63, 3.8) is 0 Å². The molecule has 3 heteroatoms. The number of fused-ring (bicyclic) bond motifs is 1. The Balaban J connectivity index is 1.91. The summed E-state index contributed by atoms with van der Waals surface area (Å²) < 4.78 is 1.37. The predicted molar refractivity (Wildman–Crippen MR) is 87.6 cm³/mol. The molecule has 108 valence electrons. The lowest BCUT2D eigenvalue weighted by Gasteiger charge is -2.36. The van der Waals surface area contributed by atoms with Gasteiger partial charge in [0, 0.05) is 9.58 Å². The zero-order valence-corrected chi connectivity index (χ0v) is 13.0. The molecule has 1 aromatic heterocycles. The average Bonchev–Trinajstić information content (AvgIpc) is 2.92. The van der Waals surface area contributed by atoms with Crippen molar-refractivity contribution >= 4 is 21.4 Å². The van der Waals surface area contributed by atoms with Gasteiger partial charge in [-0.1, -0.05) is 50.8 Å². The molecule has 1 aliphatic carbocycles. The normalized spacial score (nSPS) is 24.9. The molecule has 1 heterocycles. The van der Waals surface area contributed by atoms with Crippen molar-refractivity contribution in [3.05, 3.63) is 35.2 Å². The first-order valence-corrected chi connectivity index (χ1v) is 8.59. The van der Waals surface area contributed by atoms with E-state index in [-0.39, 0.29) is 0 Å². The molecule has 20 heavy (non-hydrogen) atoms. The molecule has 3 rings (SSSR count). The molecule has 1 fully saturated rings. The van der Waals surface area contributed by atoms with Crippen molar-refractivity contribution in [1.29, 1.82) is 0 Å². The second kappa shape index (κ2) is 6.25. The molecule has 1 saturated carbocycles. The average molecular weight is 288 g/mol. The number of nitrogens with two attached hydrogens (primary N) is 1. The lowest BCUT2D eigenvalue weighted by molar-refractivity contribution is 0.178. The summed E-state index contributed by atoms with van der Waals surface area (Å²) in [5.41, 5.74) is 3.12. The van der Waals surface area contributed by atoms with E-state index in [1.54, 1.807) is 0 Å². The predicted octanol–water partition coefficient (Wildman–Crippen LogP) is 4.62. The molecule has 0 aliphatic heterocycles. The van der Waals surface area contributed by atoms with E-state index >= 15 is 0 Å². The van der Waals surface area contributed by atoms with E-state index in [4.69, 9.17) is 5.84 Å². The summed E-state index contributed by atoms with van der Waals surface area (Å²) in [7, 11) is 0. The van der Waals surface area contributed by atoms with Crippen LogP contribution in [0.5, 0.6) is 0 Å². The molecule has 0 bridgehead atoms. The molecule has 3 unspecified atom stereocenters. The van der Waals surface area contributed by atoms with Crippen LogP contribution in [0, 0.1) is 11.8 Å². The largest absolute Gasteiger partial charge is 0.271 e. The van der Waals surface area contributed by atoms with E-state index in [1.165, 1.54) is 47.1 Å². The molecule has 3 N–H and O–H groups in total. The van der Waals surface area contributed by atoms with E-state index in [0.717, 1.165) is 5.92 Å². The van der Waals surface area contributed by atoms with Gasteiger partial charge < -0.3 is 0 Å². The van der Waals surface area contributed by atoms with Crippen LogP contribution < -0.4 is 11.3 Å². The Morgan fingerprint density at radius 3 is 2.85 bits per heavy atom. The molecule has 2 nitrogen and oxygen atoms in total. The zero-order valence-electron chi connectivity index (χ0n) is 12.1. The van der Waals surface area contributed by atoms with Gasteiger partial charge in [-0.3, -0.25) is 11.3 Å². The Kier molecular flexibility index (Phi) is 4.39. The third-order valence-electron chi connectivity index (χ3n) is 4.85. The summed E-state index contributed by atoms with van der Waals surface area (Å²) in [4.78, 5) is 1.40. The van der Waals surface area contributed by atoms with Crippen molar-refractivity contribution in [2.45, 2.75) is 45.1 Å². The number of thiophene rings is 1. The van der Waals surface area contributed by atoms with Crippen LogP contribution >= 0.6 is 11.3 Å². The van der Waals surface area contributed by atoms with Gasteiger partial charge in [-0.05, 0) is 35.8 Å². The quantitative estimate of drug-likeness (QED) is 0.636. The fourth-order valence-corrected chi connectivity index (χ4v) is 4.96. The van der Waals surface area contributed by atoms with Gasteiger partial charge in [0.1, 0.15) is 0 Å². The Hall–Kier alpha value is -0.900. The number of nitrogens with one attached hydrogen (secondary N) is 1. The number of hydrogen-bond acceptors (Lipinski definition) is 3. The molecule has 1 aliphatic rings. The number of hydrazine groups is 1. The highest BCUT2D eigenvalue weighted by atomic mass is 32.1. The second-order valence-electron chi connectivity index (χ2n) is 5.95. The summed E-state index contributed by atoms with van der Waals surface area (Å²) in [5.74, 6) is 7.43. The van der Waals surface area contributed by atoms with Gasteiger partial charge >= 0.3 is 0 Å². The van der Waals surface area contributed by atoms with Crippen molar-refractivity contribution in [3.8, 4) is 0 Å². The van der Waals surface area contributed by atoms with E-state index in [2.05, 4.69) is 42.7 Å². The molecule has 1 aromatic carbocycles.